The van der Waals surface area contributed by atoms with Gasteiger partial charge in [0.1, 0.15) is 5.70 Å². The van der Waals surface area contributed by atoms with E-state index in [4.69, 9.17) is 5.41 Å². The van der Waals surface area contributed by atoms with Gasteiger partial charge in [-0.15, -0.1) is 0 Å². The molecule has 0 aromatic rings. The lowest BCUT2D eigenvalue weighted by Crippen LogP contribution is -2.63. The standard InChI is InChI=1S/C17H27N5O6S/c1-8-11(14(16(25)26)22-13(8)12(9(2)23)15(22)24)7-21-5-4-10(6-21)19-17(18)20-29(3,27)28/h8-10,12-13,23H,4-7H2,1-3H3,(H,25,26)(H3,18,19,20)/t8-,9+,10-,12?,13+/m0/s1. The molecule has 1 amide bonds. The first-order chi connectivity index (χ1) is 13.4. The Morgan fingerprint density at radius 1 is 1.41 bits per heavy atom. The lowest BCUT2D eigenvalue weighted by atomic mass is 9.77. The van der Waals surface area contributed by atoms with E-state index in [2.05, 4.69) is 10.0 Å². The van der Waals surface area contributed by atoms with Crippen LogP contribution in [0.4, 0.5) is 0 Å². The van der Waals surface area contributed by atoms with Crippen molar-refractivity contribution >= 4 is 27.9 Å². The van der Waals surface area contributed by atoms with Crippen LogP contribution in [0.3, 0.4) is 0 Å². The summed E-state index contributed by atoms with van der Waals surface area (Å²) in [5.74, 6) is -2.58. The number of nitrogens with one attached hydrogen (secondary N) is 3. The van der Waals surface area contributed by atoms with Crippen LogP contribution in [0.25, 0.3) is 0 Å². The van der Waals surface area contributed by atoms with Gasteiger partial charge < -0.3 is 20.4 Å². The first-order valence-corrected chi connectivity index (χ1v) is 11.3. The molecule has 0 radical (unpaired) electrons. The molecule has 0 bridgehead atoms. The minimum absolute atomic E-state index is 0.00675. The molecule has 0 aliphatic carbocycles. The highest BCUT2D eigenvalue weighted by Crippen LogP contribution is 2.47. The third-order valence-electron chi connectivity index (χ3n) is 5.82. The van der Waals surface area contributed by atoms with Gasteiger partial charge in [-0.2, -0.15) is 0 Å². The predicted octanol–water partition coefficient (Wildman–Crippen LogP) is -1.67. The molecule has 3 aliphatic rings. The molecule has 0 spiro atoms. The van der Waals surface area contributed by atoms with Crippen LogP contribution in [0.1, 0.15) is 20.3 Å². The Morgan fingerprint density at radius 2 is 2.07 bits per heavy atom. The SMILES string of the molecule is C[C@@H](O)C1C(=O)N2C(C(=O)O)=C(CN3CC[C@H](NC(=N)NS(C)(=O)=O)C3)[C@H](C)[C@H]12. The average Bonchev–Trinajstić information content (AvgIpc) is 3.07. The maximum absolute atomic E-state index is 12.4. The Morgan fingerprint density at radius 3 is 2.62 bits per heavy atom. The second kappa shape index (κ2) is 7.58. The molecule has 2 fully saturated rings. The van der Waals surface area contributed by atoms with E-state index in [-0.39, 0.29) is 35.6 Å². The lowest BCUT2D eigenvalue weighted by Gasteiger charge is -2.46. The number of nitrogens with zero attached hydrogens (tertiary/aromatic N) is 2. The molecule has 0 aromatic carbocycles. The fourth-order valence-electron chi connectivity index (χ4n) is 4.61. The van der Waals surface area contributed by atoms with Crippen molar-refractivity contribution in [2.75, 3.05) is 25.9 Å². The summed E-state index contributed by atoms with van der Waals surface area (Å²) in [6.45, 7) is 4.94. The summed E-state index contributed by atoms with van der Waals surface area (Å²) in [6.07, 6.45) is 0.798. The second-order valence-electron chi connectivity index (χ2n) is 8.05. The van der Waals surface area contributed by atoms with Crippen molar-refractivity contribution in [1.82, 2.24) is 19.8 Å². The van der Waals surface area contributed by atoms with Crippen LogP contribution in [0.5, 0.6) is 0 Å². The Bertz CT molecular complexity index is 870. The fourth-order valence-corrected chi connectivity index (χ4v) is 5.04. The van der Waals surface area contributed by atoms with Gasteiger partial charge in [0, 0.05) is 31.6 Å². The number of rotatable bonds is 6. The van der Waals surface area contributed by atoms with Crippen molar-refractivity contribution in [1.29, 1.82) is 5.41 Å². The monoisotopic (exact) mass is 429 g/mol. The summed E-state index contributed by atoms with van der Waals surface area (Å²) in [6, 6.07) is -0.488. The number of hydrogen-bond acceptors (Lipinski definition) is 7. The van der Waals surface area contributed by atoms with Crippen LogP contribution in [-0.2, 0) is 19.6 Å². The normalized spacial score (nSPS) is 30.8. The highest BCUT2D eigenvalue weighted by Gasteiger charge is 2.59. The molecule has 0 aromatic heterocycles. The van der Waals surface area contributed by atoms with E-state index in [1.165, 1.54) is 4.90 Å². The van der Waals surface area contributed by atoms with Crippen LogP contribution in [0.15, 0.2) is 11.3 Å². The number of carboxylic acid groups (broad SMARTS) is 1. The van der Waals surface area contributed by atoms with Crippen LogP contribution < -0.4 is 10.0 Å². The maximum Gasteiger partial charge on any atom is 0.352 e. The van der Waals surface area contributed by atoms with E-state index in [0.29, 0.717) is 31.6 Å². The number of aliphatic hydroxyl groups excluding tert-OH is 1. The van der Waals surface area contributed by atoms with Gasteiger partial charge in [-0.3, -0.25) is 19.8 Å². The zero-order chi connectivity index (χ0) is 21.7. The van der Waals surface area contributed by atoms with Crippen LogP contribution >= 0.6 is 0 Å². The number of guanidine groups is 1. The number of fused-ring (bicyclic) bond motifs is 1. The summed E-state index contributed by atoms with van der Waals surface area (Å²) in [5, 5.41) is 30.1. The molecule has 5 N–H and O–H groups in total. The summed E-state index contributed by atoms with van der Waals surface area (Å²) >= 11 is 0. The van der Waals surface area contributed by atoms with E-state index < -0.39 is 28.0 Å². The molecule has 5 atom stereocenters. The van der Waals surface area contributed by atoms with E-state index in [1.807, 2.05) is 11.8 Å². The van der Waals surface area contributed by atoms with Gasteiger partial charge in [-0.05, 0) is 18.9 Å². The van der Waals surface area contributed by atoms with Crippen molar-refractivity contribution in [2.24, 2.45) is 11.8 Å². The molecule has 0 saturated carbocycles. The summed E-state index contributed by atoms with van der Waals surface area (Å²) in [4.78, 5) is 27.6. The number of aliphatic carboxylic acids is 1. The molecule has 3 rings (SSSR count). The van der Waals surface area contributed by atoms with Crippen LogP contribution in [0.2, 0.25) is 0 Å². The molecule has 1 unspecified atom stereocenters. The quantitative estimate of drug-likeness (QED) is 0.190. The molecule has 162 valence electrons. The van der Waals surface area contributed by atoms with Crippen LogP contribution in [0, 0.1) is 17.2 Å². The van der Waals surface area contributed by atoms with Crippen LogP contribution in [-0.4, -0.2) is 90.3 Å². The maximum atomic E-state index is 12.4. The highest BCUT2D eigenvalue weighted by atomic mass is 32.2. The molecular formula is C17H27N5O6S. The van der Waals surface area contributed by atoms with Gasteiger partial charge >= 0.3 is 5.97 Å². The summed E-state index contributed by atoms with van der Waals surface area (Å²) < 4.78 is 24.5. The number of carbonyl (C=O) groups is 2. The lowest BCUT2D eigenvalue weighted by molar-refractivity contribution is -0.163. The number of sulfonamides is 1. The number of aliphatic hydroxyl groups is 1. The van der Waals surface area contributed by atoms with Gasteiger partial charge in [-0.1, -0.05) is 6.92 Å². The first-order valence-electron chi connectivity index (χ1n) is 9.43. The fraction of sp³-hybridized carbons (Fsp3) is 0.706. The number of carboxylic acids is 1. The molecule has 2 saturated heterocycles. The largest absolute Gasteiger partial charge is 0.477 e. The molecule has 11 nitrogen and oxygen atoms in total. The van der Waals surface area contributed by atoms with E-state index in [9.17, 15) is 28.2 Å². The van der Waals surface area contributed by atoms with Crippen molar-refractivity contribution < 1.29 is 28.2 Å². The molecule has 3 heterocycles. The zero-order valence-corrected chi connectivity index (χ0v) is 17.4. The molecule has 3 aliphatic heterocycles. The third-order valence-corrected chi connectivity index (χ3v) is 6.40. The zero-order valence-electron chi connectivity index (χ0n) is 16.5. The topological polar surface area (TPSA) is 163 Å². The number of hydrogen-bond donors (Lipinski definition) is 5. The Labute approximate surface area is 169 Å². The van der Waals surface area contributed by atoms with Gasteiger partial charge in [0.25, 0.3) is 0 Å². The van der Waals surface area contributed by atoms with Crippen molar-refractivity contribution in [3.63, 3.8) is 0 Å². The summed E-state index contributed by atoms with van der Waals surface area (Å²) in [5.41, 5.74) is 0.663. The van der Waals surface area contributed by atoms with Crippen molar-refractivity contribution in [3.05, 3.63) is 11.3 Å². The van der Waals surface area contributed by atoms with E-state index in [0.717, 1.165) is 6.26 Å². The van der Waals surface area contributed by atoms with Crippen molar-refractivity contribution in [3.8, 4) is 0 Å². The Kier molecular flexibility index (Phi) is 5.62. The van der Waals surface area contributed by atoms with E-state index in [1.54, 1.807) is 6.92 Å². The second-order valence-corrected chi connectivity index (χ2v) is 9.80. The first kappa shape index (κ1) is 21.5. The molecule has 29 heavy (non-hydrogen) atoms. The minimum Gasteiger partial charge on any atom is -0.477 e. The van der Waals surface area contributed by atoms with Crippen molar-refractivity contribution in [2.45, 2.75) is 38.5 Å². The number of β-lactam (4-membered cyclic amide) rings is 1. The third kappa shape index (κ3) is 4.09. The molecule has 12 heteroatoms. The Hall–Kier alpha value is -2.18. The number of likely N-dealkylation sites (tertiary alicyclic amines) is 1. The Balaban J connectivity index is 1.68. The predicted molar refractivity (Wildman–Crippen MR) is 103 cm³/mol. The molecular weight excluding hydrogens is 402 g/mol. The van der Waals surface area contributed by atoms with Gasteiger partial charge in [-0.25, -0.2) is 13.2 Å². The average molecular weight is 429 g/mol. The summed E-state index contributed by atoms with van der Waals surface area (Å²) in [7, 11) is -3.53. The number of amides is 1. The smallest absolute Gasteiger partial charge is 0.352 e. The van der Waals surface area contributed by atoms with Gasteiger partial charge in [0.05, 0.1) is 24.3 Å². The van der Waals surface area contributed by atoms with Gasteiger partial charge in [0.2, 0.25) is 21.9 Å². The number of carbonyl (C=O) groups excluding carboxylic acids is 1. The van der Waals surface area contributed by atoms with Gasteiger partial charge in [0.15, 0.2) is 0 Å². The highest BCUT2D eigenvalue weighted by molar-refractivity contribution is 7.89. The van der Waals surface area contributed by atoms with E-state index >= 15 is 0 Å². The minimum atomic E-state index is -3.53.